The number of phenols is 1. The predicted molar refractivity (Wildman–Crippen MR) is 84.2 cm³/mol. The number of phenolic OH excluding ortho intramolecular Hbond substituents is 1. The van der Waals surface area contributed by atoms with Crippen LogP contribution in [0.2, 0.25) is 5.02 Å². The van der Waals surface area contributed by atoms with Crippen molar-refractivity contribution in [3.63, 3.8) is 0 Å². The molecular formula is C16H14ClN3O2. The van der Waals surface area contributed by atoms with Gasteiger partial charge in [-0.2, -0.15) is 0 Å². The van der Waals surface area contributed by atoms with Gasteiger partial charge < -0.3 is 14.8 Å². The van der Waals surface area contributed by atoms with Crippen LogP contribution in [0.15, 0.2) is 42.7 Å². The zero-order chi connectivity index (χ0) is 15.7. The molecule has 22 heavy (non-hydrogen) atoms. The lowest BCUT2D eigenvalue weighted by atomic mass is 10.1. The summed E-state index contributed by atoms with van der Waals surface area (Å²) in [6.07, 6.45) is 3.55. The van der Waals surface area contributed by atoms with Gasteiger partial charge in [-0.1, -0.05) is 23.2 Å². The Hall–Kier alpha value is -2.53. The van der Waals surface area contributed by atoms with Crippen molar-refractivity contribution in [3.8, 4) is 5.75 Å². The first-order valence-electron chi connectivity index (χ1n) is 6.74. The Morgan fingerprint density at radius 3 is 2.95 bits per heavy atom. The molecule has 3 aromatic rings. The highest BCUT2D eigenvalue weighted by molar-refractivity contribution is 6.30. The summed E-state index contributed by atoms with van der Waals surface area (Å²) >= 11 is 5.92. The quantitative estimate of drug-likeness (QED) is 0.781. The predicted octanol–water partition coefficient (Wildman–Crippen LogP) is 2.93. The number of pyridine rings is 1. The summed E-state index contributed by atoms with van der Waals surface area (Å²) in [7, 11) is 0. The zero-order valence-electron chi connectivity index (χ0n) is 11.9. The number of carbonyl (C=O) groups is 1. The third-order valence-corrected chi connectivity index (χ3v) is 3.52. The average molecular weight is 316 g/mol. The van der Waals surface area contributed by atoms with Crippen molar-refractivity contribution in [1.82, 2.24) is 14.7 Å². The minimum absolute atomic E-state index is 0.0371. The van der Waals surface area contributed by atoms with E-state index in [0.717, 1.165) is 11.2 Å². The Balaban J connectivity index is 1.75. The Morgan fingerprint density at radius 2 is 2.14 bits per heavy atom. The molecule has 2 aromatic heterocycles. The van der Waals surface area contributed by atoms with E-state index in [-0.39, 0.29) is 23.8 Å². The van der Waals surface area contributed by atoms with Gasteiger partial charge in [0.2, 0.25) is 0 Å². The first kappa shape index (κ1) is 14.4. The molecule has 0 bridgehead atoms. The van der Waals surface area contributed by atoms with E-state index in [1.165, 1.54) is 6.07 Å². The molecule has 0 saturated carbocycles. The van der Waals surface area contributed by atoms with E-state index in [1.807, 2.05) is 6.92 Å². The molecule has 2 heterocycles. The zero-order valence-corrected chi connectivity index (χ0v) is 12.6. The van der Waals surface area contributed by atoms with Gasteiger partial charge >= 0.3 is 0 Å². The van der Waals surface area contributed by atoms with Gasteiger partial charge in [-0.15, -0.1) is 0 Å². The maximum absolute atomic E-state index is 12.1. The molecule has 0 aliphatic rings. The third-order valence-electron chi connectivity index (χ3n) is 3.29. The minimum Gasteiger partial charge on any atom is -0.507 e. The van der Waals surface area contributed by atoms with E-state index >= 15 is 0 Å². The molecule has 5 nitrogen and oxygen atoms in total. The number of aromatic hydroxyl groups is 1. The number of nitrogens with zero attached hydrogens (tertiary/aromatic N) is 2. The van der Waals surface area contributed by atoms with Crippen LogP contribution >= 0.6 is 11.6 Å². The fraction of sp³-hybridized carbons (Fsp3) is 0.125. The maximum atomic E-state index is 12.1. The second kappa shape index (κ2) is 5.69. The molecule has 0 spiro atoms. The van der Waals surface area contributed by atoms with E-state index < -0.39 is 0 Å². The summed E-state index contributed by atoms with van der Waals surface area (Å²) in [6.45, 7) is 2.13. The van der Waals surface area contributed by atoms with E-state index in [4.69, 9.17) is 11.6 Å². The molecule has 6 heteroatoms. The fourth-order valence-corrected chi connectivity index (χ4v) is 2.37. The second-order valence-electron chi connectivity index (χ2n) is 5.05. The molecule has 0 unspecified atom stereocenters. The summed E-state index contributed by atoms with van der Waals surface area (Å²) in [5.74, 6) is -0.374. The van der Waals surface area contributed by atoms with Gasteiger partial charge in [0.05, 0.1) is 22.8 Å². The van der Waals surface area contributed by atoms with Crippen molar-refractivity contribution >= 4 is 23.2 Å². The molecule has 0 saturated heterocycles. The number of nitrogens with one attached hydrogen (secondary N) is 1. The lowest BCUT2D eigenvalue weighted by molar-refractivity contribution is 0.0947. The molecule has 0 atom stereocenters. The highest BCUT2D eigenvalue weighted by Crippen LogP contribution is 2.18. The molecule has 1 amide bonds. The van der Waals surface area contributed by atoms with Gasteiger partial charge in [-0.3, -0.25) is 4.79 Å². The number of carbonyl (C=O) groups excluding carboxylic acids is 1. The molecule has 0 fully saturated rings. The standard InChI is InChI=1S/C16H14ClN3O2/c1-10-2-4-14(21)13(6-10)16(22)18-7-12-9-20-8-11(17)3-5-15(20)19-12/h2-6,8-9,21H,7H2,1H3,(H,18,22). The molecule has 0 radical (unpaired) electrons. The number of benzene rings is 1. The number of rotatable bonds is 3. The van der Waals surface area contributed by atoms with Gasteiger partial charge in [-0.25, -0.2) is 4.98 Å². The lowest BCUT2D eigenvalue weighted by Gasteiger charge is -2.06. The Morgan fingerprint density at radius 1 is 1.32 bits per heavy atom. The van der Waals surface area contributed by atoms with Crippen molar-refractivity contribution in [2.75, 3.05) is 0 Å². The van der Waals surface area contributed by atoms with E-state index in [9.17, 15) is 9.90 Å². The number of imidazole rings is 1. The molecule has 1 aromatic carbocycles. The number of amides is 1. The van der Waals surface area contributed by atoms with Gasteiger partial charge in [0, 0.05) is 12.4 Å². The second-order valence-corrected chi connectivity index (χ2v) is 5.48. The van der Waals surface area contributed by atoms with Crippen LogP contribution in [0.4, 0.5) is 0 Å². The van der Waals surface area contributed by atoms with Crippen LogP contribution in [-0.4, -0.2) is 20.4 Å². The monoisotopic (exact) mass is 315 g/mol. The molecular weight excluding hydrogens is 302 g/mol. The van der Waals surface area contributed by atoms with Crippen LogP contribution < -0.4 is 5.32 Å². The largest absolute Gasteiger partial charge is 0.507 e. The molecule has 112 valence electrons. The van der Waals surface area contributed by atoms with Gasteiger partial charge in [0.15, 0.2) is 0 Å². The van der Waals surface area contributed by atoms with Crippen LogP contribution in [0.1, 0.15) is 21.6 Å². The van der Waals surface area contributed by atoms with Crippen LogP contribution in [-0.2, 0) is 6.54 Å². The van der Waals surface area contributed by atoms with Crippen LogP contribution in [0.5, 0.6) is 5.75 Å². The highest BCUT2D eigenvalue weighted by Gasteiger charge is 2.11. The average Bonchev–Trinajstić information content (AvgIpc) is 2.89. The van der Waals surface area contributed by atoms with E-state index in [2.05, 4.69) is 10.3 Å². The minimum atomic E-state index is -0.337. The first-order chi connectivity index (χ1) is 10.5. The van der Waals surface area contributed by atoms with Crippen molar-refractivity contribution in [2.24, 2.45) is 0 Å². The highest BCUT2D eigenvalue weighted by atomic mass is 35.5. The SMILES string of the molecule is Cc1ccc(O)c(C(=O)NCc2cn3cc(Cl)ccc3n2)c1. The Kier molecular flexibility index (Phi) is 3.73. The summed E-state index contributed by atoms with van der Waals surface area (Å²) in [6, 6.07) is 8.47. The number of aromatic nitrogens is 2. The van der Waals surface area contributed by atoms with Gasteiger partial charge in [0.25, 0.3) is 5.91 Å². The third kappa shape index (κ3) is 2.89. The Bertz CT molecular complexity index is 858. The number of hydrogen-bond donors (Lipinski definition) is 2. The smallest absolute Gasteiger partial charge is 0.255 e. The lowest BCUT2D eigenvalue weighted by Crippen LogP contribution is -2.23. The molecule has 3 rings (SSSR count). The van der Waals surface area contributed by atoms with Gasteiger partial charge in [0.1, 0.15) is 11.4 Å². The maximum Gasteiger partial charge on any atom is 0.255 e. The summed E-state index contributed by atoms with van der Waals surface area (Å²) in [5, 5.41) is 13.1. The number of aryl methyl sites for hydroxylation is 1. The Labute approximate surface area is 132 Å². The normalized spacial score (nSPS) is 10.8. The van der Waals surface area contributed by atoms with Crippen molar-refractivity contribution in [2.45, 2.75) is 13.5 Å². The number of hydrogen-bond acceptors (Lipinski definition) is 3. The van der Waals surface area contributed by atoms with Crippen LogP contribution in [0.3, 0.4) is 0 Å². The summed E-state index contributed by atoms with van der Waals surface area (Å²) < 4.78 is 1.80. The molecule has 0 aliphatic heterocycles. The van der Waals surface area contributed by atoms with Crippen molar-refractivity contribution in [1.29, 1.82) is 0 Å². The first-order valence-corrected chi connectivity index (χ1v) is 7.12. The topological polar surface area (TPSA) is 66.6 Å². The van der Waals surface area contributed by atoms with Crippen LogP contribution in [0.25, 0.3) is 5.65 Å². The van der Waals surface area contributed by atoms with Crippen molar-refractivity contribution < 1.29 is 9.90 Å². The van der Waals surface area contributed by atoms with E-state index in [1.54, 1.807) is 41.1 Å². The van der Waals surface area contributed by atoms with Crippen molar-refractivity contribution in [3.05, 3.63) is 64.6 Å². The van der Waals surface area contributed by atoms with Crippen LogP contribution in [0, 0.1) is 6.92 Å². The number of fused-ring (bicyclic) bond motifs is 1. The fourth-order valence-electron chi connectivity index (χ4n) is 2.20. The van der Waals surface area contributed by atoms with Gasteiger partial charge in [-0.05, 0) is 31.2 Å². The molecule has 0 aliphatic carbocycles. The summed E-state index contributed by atoms with van der Waals surface area (Å²) in [5.41, 5.74) is 2.63. The molecule has 2 N–H and O–H groups in total. The summed E-state index contributed by atoms with van der Waals surface area (Å²) in [4.78, 5) is 16.5. The van der Waals surface area contributed by atoms with E-state index in [0.29, 0.717) is 10.7 Å². The number of halogens is 1.